The van der Waals surface area contributed by atoms with Gasteiger partial charge in [-0.1, -0.05) is 0 Å². The van der Waals surface area contributed by atoms with Gasteiger partial charge in [0.15, 0.2) is 0 Å². The molecule has 2 heterocycles. The van der Waals surface area contributed by atoms with Gasteiger partial charge in [0.1, 0.15) is 18.6 Å². The fraction of sp³-hybridized carbons (Fsp3) is 1.00. The highest BCUT2D eigenvalue weighted by atomic mass is 16.4. The van der Waals surface area contributed by atoms with Crippen LogP contribution >= 0.6 is 0 Å². The van der Waals surface area contributed by atoms with Crippen LogP contribution in [0.1, 0.15) is 12.8 Å². The molecule has 2 rings (SSSR count). The van der Waals surface area contributed by atoms with Crippen LogP contribution in [0.15, 0.2) is 0 Å². The molecule has 0 aliphatic carbocycles. The molecule has 0 aromatic carbocycles. The Bertz CT molecular complexity index is 222. The van der Waals surface area contributed by atoms with Crippen molar-refractivity contribution in [2.24, 2.45) is 0 Å². The second kappa shape index (κ2) is 3.41. The Morgan fingerprint density at radius 2 is 1.43 bits per heavy atom. The van der Waals surface area contributed by atoms with Crippen molar-refractivity contribution in [3.8, 4) is 0 Å². The molecule has 5 N–H and O–H groups in total. The van der Waals surface area contributed by atoms with E-state index in [0.717, 1.165) is 0 Å². The number of rotatable bonds is 0. The first-order chi connectivity index (χ1) is 6.54. The highest BCUT2D eigenvalue weighted by Crippen LogP contribution is 2.33. The summed E-state index contributed by atoms with van der Waals surface area (Å²) in [6.07, 6.45) is -4.98. The van der Waals surface area contributed by atoms with Crippen LogP contribution in [-0.4, -0.2) is 67.2 Å². The average molecular weight is 205 g/mol. The van der Waals surface area contributed by atoms with Crippen molar-refractivity contribution in [2.45, 2.75) is 49.7 Å². The zero-order chi connectivity index (χ0) is 10.5. The van der Waals surface area contributed by atoms with Crippen LogP contribution in [0.4, 0.5) is 0 Å². The number of aliphatic hydroxyl groups excluding tert-OH is 5. The number of piperidine rings is 1. The van der Waals surface area contributed by atoms with Gasteiger partial charge in [-0.05, 0) is 12.8 Å². The van der Waals surface area contributed by atoms with Crippen LogP contribution in [0.25, 0.3) is 0 Å². The molecule has 6 heteroatoms. The third-order valence-corrected chi connectivity index (χ3v) is 3.15. The van der Waals surface area contributed by atoms with Crippen LogP contribution in [0.3, 0.4) is 0 Å². The third-order valence-electron chi connectivity index (χ3n) is 3.15. The molecule has 14 heavy (non-hydrogen) atoms. The lowest BCUT2D eigenvalue weighted by atomic mass is 9.97. The third kappa shape index (κ3) is 1.27. The lowest BCUT2D eigenvalue weighted by Gasteiger charge is -2.39. The van der Waals surface area contributed by atoms with Crippen LogP contribution in [0.2, 0.25) is 0 Å². The molecule has 0 aromatic rings. The van der Waals surface area contributed by atoms with Crippen molar-refractivity contribution in [3.05, 3.63) is 0 Å². The van der Waals surface area contributed by atoms with Crippen molar-refractivity contribution in [1.29, 1.82) is 0 Å². The molecule has 82 valence electrons. The summed E-state index contributed by atoms with van der Waals surface area (Å²) in [5, 5.41) is 47.3. The van der Waals surface area contributed by atoms with E-state index in [9.17, 15) is 25.5 Å². The minimum Gasteiger partial charge on any atom is -0.389 e. The molecule has 0 aromatic heterocycles. The molecule has 2 fully saturated rings. The molecule has 2 aliphatic rings. The van der Waals surface area contributed by atoms with Crippen molar-refractivity contribution >= 4 is 0 Å². The second-order valence-corrected chi connectivity index (χ2v) is 3.97. The Kier molecular flexibility index (Phi) is 2.50. The average Bonchev–Trinajstić information content (AvgIpc) is 2.38. The van der Waals surface area contributed by atoms with Crippen LogP contribution in [0.5, 0.6) is 0 Å². The lowest BCUT2D eigenvalue weighted by Crippen LogP contribution is -2.55. The summed E-state index contributed by atoms with van der Waals surface area (Å²) in [4.78, 5) is 1.17. The lowest BCUT2D eigenvalue weighted by molar-refractivity contribution is -0.178. The number of hydrogen-bond donors (Lipinski definition) is 5. The molecule has 0 amide bonds. The summed E-state index contributed by atoms with van der Waals surface area (Å²) < 4.78 is 0. The Hall–Kier alpha value is -0.240. The van der Waals surface area contributed by atoms with Crippen molar-refractivity contribution in [2.75, 3.05) is 0 Å². The molecule has 0 saturated carbocycles. The number of nitrogens with zero attached hydrogens (tertiary/aromatic N) is 1. The first-order valence-electron chi connectivity index (χ1n) is 4.72. The van der Waals surface area contributed by atoms with Gasteiger partial charge >= 0.3 is 0 Å². The summed E-state index contributed by atoms with van der Waals surface area (Å²) in [5.74, 6) is 0. The highest BCUT2D eigenvalue weighted by molar-refractivity contribution is 5.00. The number of hydrogen-bond acceptors (Lipinski definition) is 6. The Morgan fingerprint density at radius 3 is 2.07 bits per heavy atom. The first kappa shape index (κ1) is 10.3. The molecule has 2 saturated heterocycles. The van der Waals surface area contributed by atoms with Crippen LogP contribution in [-0.2, 0) is 0 Å². The largest absolute Gasteiger partial charge is 0.389 e. The molecule has 0 bridgehead atoms. The van der Waals surface area contributed by atoms with Gasteiger partial charge in [0.05, 0.1) is 12.2 Å². The van der Waals surface area contributed by atoms with E-state index in [0.29, 0.717) is 12.8 Å². The van der Waals surface area contributed by atoms with E-state index < -0.39 is 36.8 Å². The molecule has 6 unspecified atom stereocenters. The molecular formula is C8H15NO5. The maximum Gasteiger partial charge on any atom is 0.138 e. The fourth-order valence-electron chi connectivity index (χ4n) is 2.31. The van der Waals surface area contributed by atoms with E-state index in [4.69, 9.17) is 0 Å². The van der Waals surface area contributed by atoms with Gasteiger partial charge in [-0.3, -0.25) is 0 Å². The Morgan fingerprint density at radius 1 is 0.786 bits per heavy atom. The van der Waals surface area contributed by atoms with E-state index in [-0.39, 0.29) is 0 Å². The molecule has 0 spiro atoms. The maximum absolute atomic E-state index is 9.55. The quantitative estimate of drug-likeness (QED) is 0.292. The monoisotopic (exact) mass is 205 g/mol. The van der Waals surface area contributed by atoms with Gasteiger partial charge in [0.25, 0.3) is 0 Å². The van der Waals surface area contributed by atoms with E-state index >= 15 is 0 Å². The van der Waals surface area contributed by atoms with Gasteiger partial charge in [0.2, 0.25) is 0 Å². The van der Waals surface area contributed by atoms with Crippen LogP contribution < -0.4 is 0 Å². The molecular weight excluding hydrogens is 190 g/mol. The van der Waals surface area contributed by atoms with Gasteiger partial charge in [-0.25, -0.2) is 4.90 Å². The predicted molar refractivity (Wildman–Crippen MR) is 44.9 cm³/mol. The van der Waals surface area contributed by atoms with E-state index in [1.54, 1.807) is 0 Å². The van der Waals surface area contributed by atoms with Crippen molar-refractivity contribution in [3.63, 3.8) is 0 Å². The standard InChI is InChI=1S/C8H15NO5/c10-4-2-1-3-5(11)6(12)8(14)9(3)7(4)13/h3-8,10-14H,1-2H2. The first-order valence-corrected chi connectivity index (χ1v) is 4.72. The van der Waals surface area contributed by atoms with Crippen molar-refractivity contribution < 1.29 is 25.5 Å². The summed E-state index contributed by atoms with van der Waals surface area (Å²) in [5.41, 5.74) is 0. The Balaban J connectivity index is 2.21. The van der Waals surface area contributed by atoms with E-state index in [1.165, 1.54) is 4.90 Å². The molecule has 6 atom stereocenters. The summed E-state index contributed by atoms with van der Waals surface area (Å²) in [7, 11) is 0. The Labute approximate surface area is 81.0 Å². The topological polar surface area (TPSA) is 104 Å². The predicted octanol–water partition coefficient (Wildman–Crippen LogP) is -2.82. The summed E-state index contributed by atoms with van der Waals surface area (Å²) >= 11 is 0. The van der Waals surface area contributed by atoms with Crippen molar-refractivity contribution in [1.82, 2.24) is 4.90 Å². The van der Waals surface area contributed by atoms with E-state index in [1.807, 2.05) is 0 Å². The molecule has 0 radical (unpaired) electrons. The summed E-state index contributed by atoms with van der Waals surface area (Å²) in [6.45, 7) is 0. The zero-order valence-corrected chi connectivity index (χ0v) is 7.56. The smallest absolute Gasteiger partial charge is 0.138 e. The number of aliphatic hydroxyl groups is 5. The highest BCUT2D eigenvalue weighted by Gasteiger charge is 2.52. The molecule has 2 aliphatic heterocycles. The fourth-order valence-corrected chi connectivity index (χ4v) is 2.31. The van der Waals surface area contributed by atoms with Gasteiger partial charge in [-0.15, -0.1) is 0 Å². The summed E-state index contributed by atoms with van der Waals surface area (Å²) in [6, 6.07) is -0.474. The maximum atomic E-state index is 9.55. The normalized spacial score (nSPS) is 54.6. The van der Waals surface area contributed by atoms with Gasteiger partial charge in [-0.2, -0.15) is 0 Å². The molecule has 6 nitrogen and oxygen atoms in total. The minimum absolute atomic E-state index is 0.360. The number of fused-ring (bicyclic) bond motifs is 1. The minimum atomic E-state index is -1.31. The van der Waals surface area contributed by atoms with Crippen LogP contribution in [0, 0.1) is 0 Å². The SMILES string of the molecule is OC1CCC2C(O)C(O)C(O)N2C1O. The van der Waals surface area contributed by atoms with Gasteiger partial charge in [0, 0.05) is 6.04 Å². The van der Waals surface area contributed by atoms with Gasteiger partial charge < -0.3 is 25.5 Å². The van der Waals surface area contributed by atoms with E-state index in [2.05, 4.69) is 0 Å². The zero-order valence-electron chi connectivity index (χ0n) is 7.56. The second-order valence-electron chi connectivity index (χ2n) is 3.97.